The topological polar surface area (TPSA) is 79.3 Å². The van der Waals surface area contributed by atoms with Gasteiger partial charge in [-0.1, -0.05) is 12.1 Å². The van der Waals surface area contributed by atoms with Crippen LogP contribution in [-0.4, -0.2) is 62.2 Å². The zero-order valence-electron chi connectivity index (χ0n) is 18.6. The van der Waals surface area contributed by atoms with Crippen LogP contribution in [0.4, 0.5) is 5.69 Å². The van der Waals surface area contributed by atoms with E-state index in [1.165, 1.54) is 4.90 Å². The number of hydrogen-bond donors (Lipinski definition) is 1. The molecular formula is C25H28N2O5. The van der Waals surface area contributed by atoms with E-state index in [0.29, 0.717) is 24.5 Å². The largest absolute Gasteiger partial charge is 0.507 e. The van der Waals surface area contributed by atoms with E-state index in [9.17, 15) is 14.7 Å². The summed E-state index contributed by atoms with van der Waals surface area (Å²) < 4.78 is 10.9. The predicted molar refractivity (Wildman–Crippen MR) is 122 cm³/mol. The third-order valence-electron chi connectivity index (χ3n) is 6.05. The van der Waals surface area contributed by atoms with Gasteiger partial charge in [0.2, 0.25) is 0 Å². The summed E-state index contributed by atoms with van der Waals surface area (Å²) in [5.41, 5.74) is 2.31. The summed E-state index contributed by atoms with van der Waals surface area (Å²) >= 11 is 0. The smallest absolute Gasteiger partial charge is 0.295 e. The lowest BCUT2D eigenvalue weighted by Gasteiger charge is -2.28. The molecule has 2 aliphatic heterocycles. The van der Waals surface area contributed by atoms with Gasteiger partial charge < -0.3 is 24.4 Å². The van der Waals surface area contributed by atoms with Crippen molar-refractivity contribution in [2.45, 2.75) is 25.0 Å². The number of nitrogens with zero attached hydrogens (tertiary/aromatic N) is 2. The van der Waals surface area contributed by atoms with Crippen molar-refractivity contribution in [3.63, 3.8) is 0 Å². The molecule has 2 heterocycles. The van der Waals surface area contributed by atoms with E-state index in [1.807, 2.05) is 43.3 Å². The number of rotatable bonds is 6. The standard InChI is InChI=1S/C25H28N2O5/c1-26(2)18-10-6-16(7-11-18)22-21(23(28)17-8-12-19(31-3)13-9-17)24(29)25(30)27(22)15-20-5-4-14-32-20/h6-13,20,22,28H,4-5,14-15H2,1-3H3/b23-21+/t20-,22+/m0/s1. The summed E-state index contributed by atoms with van der Waals surface area (Å²) in [5.74, 6) is -0.853. The molecule has 2 saturated heterocycles. The van der Waals surface area contributed by atoms with Crippen molar-refractivity contribution in [1.82, 2.24) is 4.90 Å². The molecule has 4 rings (SSSR count). The Balaban J connectivity index is 1.79. The number of Topliss-reactive ketones (excluding diaryl/α,β-unsaturated/α-hetero) is 1. The Bertz CT molecular complexity index is 1020. The molecule has 0 aliphatic carbocycles. The number of aliphatic hydroxyl groups excluding tert-OH is 1. The molecule has 0 spiro atoms. The van der Waals surface area contributed by atoms with Gasteiger partial charge in [0.15, 0.2) is 0 Å². The molecule has 2 atom stereocenters. The first kappa shape index (κ1) is 21.9. The molecule has 2 aromatic carbocycles. The van der Waals surface area contributed by atoms with E-state index in [0.717, 1.165) is 24.1 Å². The van der Waals surface area contributed by atoms with Gasteiger partial charge in [0, 0.05) is 38.5 Å². The monoisotopic (exact) mass is 436 g/mol. The second kappa shape index (κ2) is 9.04. The fourth-order valence-electron chi connectivity index (χ4n) is 4.28. The normalized spacial score (nSPS) is 22.4. The number of carbonyl (C=O) groups is 2. The number of amides is 1. The predicted octanol–water partition coefficient (Wildman–Crippen LogP) is 3.36. The number of methoxy groups -OCH3 is 1. The van der Waals surface area contributed by atoms with Crippen molar-refractivity contribution in [2.75, 3.05) is 39.3 Å². The summed E-state index contributed by atoms with van der Waals surface area (Å²) in [5, 5.41) is 11.1. The summed E-state index contributed by atoms with van der Waals surface area (Å²) in [6.45, 7) is 0.965. The van der Waals surface area contributed by atoms with Gasteiger partial charge in [-0.3, -0.25) is 9.59 Å². The molecule has 7 heteroatoms. The minimum absolute atomic E-state index is 0.0933. The lowest BCUT2D eigenvalue weighted by Crippen LogP contribution is -2.36. The highest BCUT2D eigenvalue weighted by Gasteiger charge is 2.47. The van der Waals surface area contributed by atoms with Crippen LogP contribution in [0, 0.1) is 0 Å². The maximum Gasteiger partial charge on any atom is 0.295 e. The Morgan fingerprint density at radius 1 is 1.12 bits per heavy atom. The first-order valence-electron chi connectivity index (χ1n) is 10.7. The SMILES string of the molecule is COc1ccc(/C(O)=C2\C(=O)C(=O)N(C[C@@H]3CCCO3)[C@@H]2c2ccc(N(C)C)cc2)cc1. The highest BCUT2D eigenvalue weighted by molar-refractivity contribution is 6.46. The molecule has 32 heavy (non-hydrogen) atoms. The molecule has 2 aromatic rings. The number of ether oxygens (including phenoxy) is 2. The van der Waals surface area contributed by atoms with Gasteiger partial charge in [-0.25, -0.2) is 0 Å². The van der Waals surface area contributed by atoms with E-state index >= 15 is 0 Å². The molecule has 0 saturated carbocycles. The van der Waals surface area contributed by atoms with E-state index < -0.39 is 17.7 Å². The third-order valence-corrected chi connectivity index (χ3v) is 6.05. The Morgan fingerprint density at radius 2 is 1.81 bits per heavy atom. The molecule has 1 N–H and O–H groups in total. The fourth-order valence-corrected chi connectivity index (χ4v) is 4.28. The van der Waals surface area contributed by atoms with Crippen LogP contribution in [0.15, 0.2) is 54.1 Å². The number of ketones is 1. The molecule has 0 radical (unpaired) electrons. The second-order valence-corrected chi connectivity index (χ2v) is 8.30. The molecule has 0 aromatic heterocycles. The molecule has 168 valence electrons. The van der Waals surface area contributed by atoms with Crippen molar-refractivity contribution in [1.29, 1.82) is 0 Å². The first-order chi connectivity index (χ1) is 15.4. The lowest BCUT2D eigenvalue weighted by atomic mass is 9.95. The quantitative estimate of drug-likeness (QED) is 0.425. The molecule has 0 bridgehead atoms. The summed E-state index contributed by atoms with van der Waals surface area (Å²) in [6, 6.07) is 13.8. The summed E-state index contributed by atoms with van der Waals surface area (Å²) in [4.78, 5) is 29.7. The zero-order valence-corrected chi connectivity index (χ0v) is 18.6. The molecule has 1 amide bonds. The number of benzene rings is 2. The first-order valence-corrected chi connectivity index (χ1v) is 10.7. The highest BCUT2D eigenvalue weighted by Crippen LogP contribution is 2.40. The van der Waals surface area contributed by atoms with Crippen LogP contribution in [0.5, 0.6) is 5.75 Å². The molecular weight excluding hydrogens is 408 g/mol. The van der Waals surface area contributed by atoms with Crippen molar-refractivity contribution in [2.24, 2.45) is 0 Å². The van der Waals surface area contributed by atoms with Crippen molar-refractivity contribution in [3.8, 4) is 5.75 Å². The van der Waals surface area contributed by atoms with E-state index in [2.05, 4.69) is 0 Å². The number of anilines is 1. The van der Waals surface area contributed by atoms with Gasteiger partial charge in [0.05, 0.1) is 24.8 Å². The van der Waals surface area contributed by atoms with Gasteiger partial charge in [0.1, 0.15) is 11.5 Å². The van der Waals surface area contributed by atoms with E-state index in [-0.39, 0.29) is 17.4 Å². The zero-order chi connectivity index (χ0) is 22.8. The van der Waals surface area contributed by atoms with Crippen LogP contribution in [0.25, 0.3) is 5.76 Å². The number of hydrogen-bond acceptors (Lipinski definition) is 6. The van der Waals surface area contributed by atoms with Gasteiger partial charge in [-0.2, -0.15) is 0 Å². The Kier molecular flexibility index (Phi) is 6.19. The Hall–Kier alpha value is -3.32. The maximum absolute atomic E-state index is 13.1. The lowest BCUT2D eigenvalue weighted by molar-refractivity contribution is -0.140. The second-order valence-electron chi connectivity index (χ2n) is 8.30. The fraction of sp³-hybridized carbons (Fsp3) is 0.360. The van der Waals surface area contributed by atoms with Gasteiger partial charge in [-0.15, -0.1) is 0 Å². The molecule has 2 fully saturated rings. The summed E-state index contributed by atoms with van der Waals surface area (Å²) in [6.07, 6.45) is 1.66. The third kappa shape index (κ3) is 4.08. The maximum atomic E-state index is 13.1. The molecule has 7 nitrogen and oxygen atoms in total. The average molecular weight is 437 g/mol. The minimum Gasteiger partial charge on any atom is -0.507 e. The van der Waals surface area contributed by atoms with Crippen LogP contribution >= 0.6 is 0 Å². The molecule has 2 aliphatic rings. The summed E-state index contributed by atoms with van der Waals surface area (Å²) in [7, 11) is 5.45. The van der Waals surface area contributed by atoms with Crippen LogP contribution < -0.4 is 9.64 Å². The van der Waals surface area contributed by atoms with Crippen LogP contribution in [0.2, 0.25) is 0 Å². The number of carbonyl (C=O) groups excluding carboxylic acids is 2. The minimum atomic E-state index is -0.683. The van der Waals surface area contributed by atoms with Crippen molar-refractivity contribution >= 4 is 23.1 Å². The highest BCUT2D eigenvalue weighted by atomic mass is 16.5. The van der Waals surface area contributed by atoms with Crippen LogP contribution in [0.1, 0.15) is 30.0 Å². The van der Waals surface area contributed by atoms with Crippen molar-refractivity contribution in [3.05, 3.63) is 65.2 Å². The van der Waals surface area contributed by atoms with Gasteiger partial charge in [-0.05, 0) is 54.8 Å². The van der Waals surface area contributed by atoms with E-state index in [4.69, 9.17) is 9.47 Å². The van der Waals surface area contributed by atoms with Crippen molar-refractivity contribution < 1.29 is 24.2 Å². The number of aliphatic hydroxyl groups is 1. The average Bonchev–Trinajstić information content (AvgIpc) is 3.41. The van der Waals surface area contributed by atoms with Gasteiger partial charge in [0.25, 0.3) is 11.7 Å². The number of likely N-dealkylation sites (tertiary alicyclic amines) is 1. The Morgan fingerprint density at radius 3 is 2.38 bits per heavy atom. The van der Waals surface area contributed by atoms with Crippen LogP contribution in [0.3, 0.4) is 0 Å². The van der Waals surface area contributed by atoms with Crippen LogP contribution in [-0.2, 0) is 14.3 Å². The van der Waals surface area contributed by atoms with E-state index in [1.54, 1.807) is 31.4 Å². The van der Waals surface area contributed by atoms with Gasteiger partial charge >= 0.3 is 0 Å². The Labute approximate surface area is 187 Å². The molecule has 0 unspecified atom stereocenters.